The molecule has 1 atom stereocenters. The molecule has 143 heavy (non-hydrogen) atoms. The number of nitriles is 6. The van der Waals surface area contributed by atoms with Crippen LogP contribution in [0, 0.1) is 127 Å². The van der Waals surface area contributed by atoms with Crippen LogP contribution in [0.25, 0.3) is 95.5 Å². The molecule has 0 spiro atoms. The second kappa shape index (κ2) is 56.0. The highest BCUT2D eigenvalue weighted by Crippen LogP contribution is 2.38. The first kappa shape index (κ1) is 105. The molecule has 692 valence electrons. The summed E-state index contributed by atoms with van der Waals surface area (Å²) >= 11 is 0. The Morgan fingerprint density at radius 3 is 0.741 bits per heavy atom. The quantitative estimate of drug-likeness (QED) is 0.0395. The fourth-order valence-corrected chi connectivity index (χ4v) is 15.4. The Labute approximate surface area is 841 Å². The Hall–Kier alpha value is -19.7. The number of unbranched alkanes of at least 4 members (excludes halogenated alkanes) is 1. The zero-order valence-electron chi connectivity index (χ0n) is 80.9. The van der Waals surface area contributed by atoms with E-state index in [1.807, 2.05) is 442 Å². The number of benzene rings is 15. The molecule has 15 nitrogen and oxygen atoms in total. The first-order valence-electron chi connectivity index (χ1n) is 46.4. The number of fused-ring (bicyclic) bond motifs is 1. The number of aryl methyl sites for hydroxylation is 2. The van der Waals surface area contributed by atoms with Crippen molar-refractivity contribution in [3.63, 3.8) is 0 Å². The topological polar surface area (TPSA) is 197 Å². The van der Waals surface area contributed by atoms with Crippen molar-refractivity contribution >= 4 is 44.2 Å². The van der Waals surface area contributed by atoms with Gasteiger partial charge in [-0.05, 0) is 196 Å². The van der Waals surface area contributed by atoms with Crippen molar-refractivity contribution < 1.29 is 14.2 Å². The molecule has 15 aromatic carbocycles. The summed E-state index contributed by atoms with van der Waals surface area (Å²) in [4.78, 5) is 20.4. The van der Waals surface area contributed by atoms with Crippen LogP contribution in [0.5, 0.6) is 17.2 Å². The second-order valence-corrected chi connectivity index (χ2v) is 33.0. The summed E-state index contributed by atoms with van der Waals surface area (Å²) in [5.74, 6) is 2.91. The van der Waals surface area contributed by atoms with Gasteiger partial charge in [0.1, 0.15) is 17.2 Å². The van der Waals surface area contributed by atoms with E-state index in [1.165, 1.54) is 19.3 Å². The van der Waals surface area contributed by atoms with Gasteiger partial charge in [0, 0.05) is 33.4 Å². The predicted octanol–water partition coefficient (Wildman–Crippen LogP) is 32.6. The minimum atomic E-state index is 0.0556. The van der Waals surface area contributed by atoms with Gasteiger partial charge in [0.05, 0.1) is 94.7 Å². The lowest BCUT2D eigenvalue weighted by atomic mass is 9.93. The Kier molecular flexibility index (Phi) is 41.2. The van der Waals surface area contributed by atoms with E-state index >= 15 is 0 Å². The third kappa shape index (κ3) is 30.4. The van der Waals surface area contributed by atoms with Crippen molar-refractivity contribution in [1.29, 1.82) is 31.6 Å². The van der Waals surface area contributed by atoms with Crippen molar-refractivity contribution in [2.75, 3.05) is 6.61 Å². The van der Waals surface area contributed by atoms with Crippen molar-refractivity contribution in [2.24, 2.45) is 5.92 Å². The maximum Gasteiger partial charge on any atom is 0.270 e. The molecule has 0 aliphatic carbocycles. The summed E-state index contributed by atoms with van der Waals surface area (Å²) in [5.41, 5.74) is 21.7. The molecule has 0 radical (unpaired) electrons. The van der Waals surface area contributed by atoms with Crippen LogP contribution >= 0.6 is 0 Å². The minimum absolute atomic E-state index is 0.0556. The summed E-state index contributed by atoms with van der Waals surface area (Å²) in [5, 5.41) is 58.2. The summed E-state index contributed by atoms with van der Waals surface area (Å²) in [7, 11) is 0. The zero-order valence-corrected chi connectivity index (χ0v) is 80.9. The number of ether oxygens (including phenoxy) is 3. The Morgan fingerprint density at radius 1 is 0.259 bits per heavy atom. The van der Waals surface area contributed by atoms with Gasteiger partial charge in [-0.15, -0.1) is 0 Å². The number of rotatable bonds is 25. The molecular weight excluding hydrogens is 1750 g/mol. The Morgan fingerprint density at radius 2 is 0.483 bits per heavy atom. The van der Waals surface area contributed by atoms with Crippen molar-refractivity contribution in [3.05, 3.63) is 575 Å². The van der Waals surface area contributed by atoms with E-state index in [1.54, 1.807) is 0 Å². The predicted molar refractivity (Wildman–Crippen MR) is 575 cm³/mol. The number of allylic oxidation sites excluding steroid dienone is 6. The number of nitrogens with zero attached hydrogens (tertiary/aromatic N) is 12. The van der Waals surface area contributed by atoms with E-state index < -0.39 is 0 Å². The summed E-state index contributed by atoms with van der Waals surface area (Å²) in [6.45, 7) is 60.9. The van der Waals surface area contributed by atoms with Crippen LogP contribution in [-0.2, 0) is 0 Å². The van der Waals surface area contributed by atoms with Crippen LogP contribution < -0.4 is 14.2 Å². The van der Waals surface area contributed by atoms with Crippen LogP contribution in [0.2, 0.25) is 0 Å². The molecule has 15 aromatic rings. The van der Waals surface area contributed by atoms with E-state index in [2.05, 4.69) is 73.3 Å². The highest BCUT2D eigenvalue weighted by atomic mass is 16.5. The molecule has 15 heteroatoms. The normalized spacial score (nSPS) is 10.5. The minimum Gasteiger partial charge on any atom is -0.493 e. The molecule has 0 aromatic heterocycles. The average Bonchev–Trinajstić information content (AvgIpc) is 0.805. The lowest BCUT2D eigenvalue weighted by molar-refractivity contribution is 0.233. The molecule has 0 heterocycles. The van der Waals surface area contributed by atoms with Gasteiger partial charge in [-0.1, -0.05) is 396 Å². The summed E-state index contributed by atoms with van der Waals surface area (Å²) in [6, 6.07) is 139. The molecule has 0 saturated carbocycles. The lowest BCUT2D eigenvalue weighted by Crippen LogP contribution is -2.11. The van der Waals surface area contributed by atoms with Gasteiger partial charge in [-0.3, -0.25) is 0 Å². The average molecular weight is 1860 g/mol. The molecule has 0 bridgehead atoms. The van der Waals surface area contributed by atoms with Gasteiger partial charge in [-0.25, -0.2) is 60.6 Å². The molecule has 0 amide bonds. The Bertz CT molecular complexity index is 7250. The highest BCUT2D eigenvalue weighted by Gasteiger charge is 2.21. The van der Waals surface area contributed by atoms with E-state index in [4.69, 9.17) is 58.9 Å². The van der Waals surface area contributed by atoms with Crippen molar-refractivity contribution in [1.82, 2.24) is 0 Å². The Balaban J connectivity index is 0.000000178. The third-order valence-corrected chi connectivity index (χ3v) is 22.5. The van der Waals surface area contributed by atoms with Crippen LogP contribution in [0.1, 0.15) is 145 Å². The fourth-order valence-electron chi connectivity index (χ4n) is 15.4. The number of hydrogen-bond donors (Lipinski definition) is 0. The van der Waals surface area contributed by atoms with E-state index in [9.17, 15) is 26.3 Å². The summed E-state index contributed by atoms with van der Waals surface area (Å²) < 4.78 is 17.3. The van der Waals surface area contributed by atoms with Crippen LogP contribution in [0.3, 0.4) is 0 Å². The molecule has 0 fully saturated rings. The second-order valence-electron chi connectivity index (χ2n) is 33.0. The van der Waals surface area contributed by atoms with Gasteiger partial charge in [-0.2, -0.15) is 0 Å². The van der Waals surface area contributed by atoms with Crippen molar-refractivity contribution in [2.45, 2.75) is 93.3 Å². The van der Waals surface area contributed by atoms with E-state index in [0.29, 0.717) is 39.4 Å². The van der Waals surface area contributed by atoms with E-state index in [-0.39, 0.29) is 46.4 Å². The highest BCUT2D eigenvalue weighted by molar-refractivity contribution is 5.94. The molecule has 15 rings (SSSR count). The monoisotopic (exact) mass is 1850 g/mol. The molecule has 0 saturated heterocycles. The van der Waals surface area contributed by atoms with Crippen LogP contribution in [0.4, 0.5) is 0 Å². The lowest BCUT2D eigenvalue weighted by Gasteiger charge is -2.16. The first-order chi connectivity index (χ1) is 69.8. The summed E-state index contributed by atoms with van der Waals surface area (Å²) in [6.07, 6.45) is 4.93. The maximum atomic E-state index is 9.56. The molecule has 0 N–H and O–H groups in total. The fraction of sp³-hybridized carbons (Fsp3) is 0.125. The largest absolute Gasteiger partial charge is 0.493 e. The molecular formula is C128H102N12O3. The van der Waals surface area contributed by atoms with Gasteiger partial charge in [0.25, 0.3) is 34.2 Å². The van der Waals surface area contributed by atoms with E-state index in [0.717, 1.165) is 141 Å². The third-order valence-electron chi connectivity index (χ3n) is 22.5. The van der Waals surface area contributed by atoms with Gasteiger partial charge in [0.2, 0.25) is 0 Å². The first-order valence-corrected chi connectivity index (χ1v) is 46.4. The van der Waals surface area contributed by atoms with Crippen LogP contribution in [-0.4, -0.2) is 18.8 Å². The van der Waals surface area contributed by atoms with Crippen LogP contribution in [0.15, 0.2) is 428 Å². The molecule has 0 aliphatic heterocycles. The standard InChI is InChI=1S/C28H18N2.C24H26N2O.C22H22N2O2.C20H12N2.C18H14N2.C16H10N2/c1-30-27(20-29)28(25-16-12-23(13-17-25)21-8-4-2-5-9-21)26-18-14-24(15-19-26)22-10-6-3-7-11-22;1-4-6-10-19(5-2)18-27-22-15-13-21(14-16-22)24(23(17-25)26-3)20-11-8-7-9-12-20;1-15(2)25-19-10-6-17(7-11-19)22(21(14-23)24-5)18-8-12-20(13-9-18)26-16(3)4;1-22-19(14-21)20(16-8-3-2-4-9-16)18-12-11-15-7-5-6-10-17(15)13-18;1-13-4-8-15(9-5-13)18(17(12-19)20-3)16-10-6-14(2)7-11-16;1-18-15(12-17)16(13-8-4-2-5-9-13)14-10-6-3-7-11-14/h2-19H;7-9,11-16,19H,4-6,10,18H2,1-2H3;6-13,15-16H,1-4H3;2-13H;4-11H,1-2H3;2-11H/b;24-23+;;20-19+;;. The SMILES string of the molecule is [C-]#[N+]/C(C#N)=C(\c1ccccc1)c1ccc(OCC(CC)CCCC)cc1.[C-]#[N+]/C(C#N)=C(\c1ccccc1)c1ccc2ccccc2c1.[C-]#[N+]C(C#N)=C(c1ccc(-c2ccccc2)cc1)c1ccc(-c2ccccc2)cc1.[C-]#[N+]C(C#N)=C(c1ccc(C)cc1)c1ccc(C)cc1.[C-]#[N+]C(C#N)=C(c1ccc(OC(C)C)cc1)c1ccc(OC(C)C)cc1.[C-]#[N+]C(C#N)=C(c1ccccc1)c1ccccc1. The smallest absolute Gasteiger partial charge is 0.270 e. The molecule has 0 aliphatic rings. The molecule has 1 unspecified atom stereocenters. The van der Waals surface area contributed by atoms with Gasteiger partial charge < -0.3 is 14.2 Å². The van der Waals surface area contributed by atoms with Gasteiger partial charge in [0.15, 0.2) is 0 Å². The maximum absolute atomic E-state index is 9.56. The number of hydrogen-bond acceptors (Lipinski definition) is 9. The van der Waals surface area contributed by atoms with Crippen molar-refractivity contribution in [3.8, 4) is 75.9 Å². The van der Waals surface area contributed by atoms with Gasteiger partial charge >= 0.3 is 0 Å². The zero-order chi connectivity index (χ0) is 102.